The summed E-state index contributed by atoms with van der Waals surface area (Å²) in [6, 6.07) is 0. The number of likely N-dealkylation sites (tertiary alicyclic amines) is 1. The summed E-state index contributed by atoms with van der Waals surface area (Å²) in [5, 5.41) is 20.7. The van der Waals surface area contributed by atoms with Crippen LogP contribution in [-0.2, 0) is 5.60 Å². The van der Waals surface area contributed by atoms with Crippen molar-refractivity contribution in [2.24, 2.45) is 5.92 Å². The molecule has 0 bridgehead atoms. The van der Waals surface area contributed by atoms with E-state index < -0.39 is 5.60 Å². The summed E-state index contributed by atoms with van der Waals surface area (Å²) in [5.74, 6) is 0.879. The standard InChI is InChI=1S/C10H16N4O/c15-10(9-5-11-13-12-9)3-4-14(7-10)6-8-1-2-8/h5,8,15H,1-4,6-7H2,(H,11,12,13). The second kappa shape index (κ2) is 3.28. The van der Waals surface area contributed by atoms with Crippen LogP contribution >= 0.6 is 0 Å². The molecule has 1 aliphatic heterocycles. The Balaban J connectivity index is 1.68. The van der Waals surface area contributed by atoms with Crippen LogP contribution in [0.15, 0.2) is 6.20 Å². The number of β-amino-alcohol motifs (C(OH)–C–C–N with tert-alkyl or cyclic N) is 1. The summed E-state index contributed by atoms with van der Waals surface area (Å²) in [7, 11) is 0. The van der Waals surface area contributed by atoms with Crippen molar-refractivity contribution < 1.29 is 5.11 Å². The summed E-state index contributed by atoms with van der Waals surface area (Å²) in [4.78, 5) is 2.34. The third-order valence-electron chi connectivity index (χ3n) is 3.43. The average Bonchev–Trinajstić information content (AvgIpc) is 2.74. The molecular formula is C10H16N4O. The summed E-state index contributed by atoms with van der Waals surface area (Å²) >= 11 is 0. The summed E-state index contributed by atoms with van der Waals surface area (Å²) < 4.78 is 0. The Morgan fingerprint density at radius 1 is 1.60 bits per heavy atom. The number of hydrogen-bond donors (Lipinski definition) is 2. The zero-order valence-electron chi connectivity index (χ0n) is 8.69. The van der Waals surface area contributed by atoms with E-state index in [0.717, 1.165) is 25.4 Å². The molecule has 5 nitrogen and oxygen atoms in total. The summed E-state index contributed by atoms with van der Waals surface area (Å²) in [6.07, 6.45) is 5.12. The molecule has 5 heteroatoms. The minimum Gasteiger partial charge on any atom is -0.382 e. The van der Waals surface area contributed by atoms with Gasteiger partial charge >= 0.3 is 0 Å². The molecule has 1 aromatic heterocycles. The predicted octanol–water partition coefficient (Wildman–Crippen LogP) is 0.108. The molecule has 1 atom stereocenters. The van der Waals surface area contributed by atoms with Crippen molar-refractivity contribution in [3.05, 3.63) is 11.9 Å². The fourth-order valence-electron chi connectivity index (χ4n) is 2.33. The van der Waals surface area contributed by atoms with Crippen molar-refractivity contribution in [2.75, 3.05) is 19.6 Å². The third-order valence-corrected chi connectivity index (χ3v) is 3.43. The molecule has 1 aliphatic carbocycles. The van der Waals surface area contributed by atoms with Gasteiger partial charge in [-0.05, 0) is 25.2 Å². The number of aromatic nitrogens is 3. The van der Waals surface area contributed by atoms with Crippen LogP contribution in [0.2, 0.25) is 0 Å². The van der Waals surface area contributed by atoms with Crippen LogP contribution in [0.5, 0.6) is 0 Å². The lowest BCUT2D eigenvalue weighted by Crippen LogP contribution is -2.32. The highest BCUT2D eigenvalue weighted by Crippen LogP contribution is 2.35. The highest BCUT2D eigenvalue weighted by molar-refractivity contribution is 5.10. The molecule has 2 N–H and O–H groups in total. The van der Waals surface area contributed by atoms with Crippen LogP contribution in [0.25, 0.3) is 0 Å². The van der Waals surface area contributed by atoms with E-state index >= 15 is 0 Å². The van der Waals surface area contributed by atoms with E-state index in [2.05, 4.69) is 20.3 Å². The molecule has 82 valence electrons. The van der Waals surface area contributed by atoms with Crippen LogP contribution in [0.3, 0.4) is 0 Å². The topological polar surface area (TPSA) is 65.0 Å². The minimum absolute atomic E-state index is 0.681. The van der Waals surface area contributed by atoms with Gasteiger partial charge < -0.3 is 5.11 Å². The molecule has 0 aromatic carbocycles. The van der Waals surface area contributed by atoms with Crippen LogP contribution < -0.4 is 0 Å². The summed E-state index contributed by atoms with van der Waals surface area (Å²) in [5.41, 5.74) is -0.0946. The second-order valence-corrected chi connectivity index (χ2v) is 4.82. The maximum absolute atomic E-state index is 10.4. The van der Waals surface area contributed by atoms with Gasteiger partial charge in [-0.15, -0.1) is 0 Å². The van der Waals surface area contributed by atoms with Crippen molar-refractivity contribution in [2.45, 2.75) is 24.9 Å². The maximum atomic E-state index is 10.4. The van der Waals surface area contributed by atoms with Gasteiger partial charge in [-0.2, -0.15) is 15.4 Å². The molecule has 1 saturated heterocycles. The lowest BCUT2D eigenvalue weighted by Gasteiger charge is -2.20. The number of aromatic amines is 1. The molecule has 1 aromatic rings. The predicted molar refractivity (Wildman–Crippen MR) is 54.1 cm³/mol. The summed E-state index contributed by atoms with van der Waals surface area (Å²) in [6.45, 7) is 2.82. The van der Waals surface area contributed by atoms with Gasteiger partial charge in [0.2, 0.25) is 0 Å². The first-order valence-electron chi connectivity index (χ1n) is 5.57. The third kappa shape index (κ3) is 1.77. The van der Waals surface area contributed by atoms with Crippen LogP contribution in [0.1, 0.15) is 25.0 Å². The molecule has 0 spiro atoms. The smallest absolute Gasteiger partial charge is 0.124 e. The highest BCUT2D eigenvalue weighted by Gasteiger charge is 2.41. The molecule has 15 heavy (non-hydrogen) atoms. The van der Waals surface area contributed by atoms with Crippen LogP contribution in [0, 0.1) is 5.92 Å². The molecule has 0 amide bonds. The lowest BCUT2D eigenvalue weighted by molar-refractivity contribution is 0.0412. The van der Waals surface area contributed by atoms with Crippen LogP contribution in [-0.4, -0.2) is 45.1 Å². The van der Waals surface area contributed by atoms with Gasteiger partial charge in [-0.3, -0.25) is 4.90 Å². The Labute approximate surface area is 88.5 Å². The van der Waals surface area contributed by atoms with E-state index in [0.29, 0.717) is 12.2 Å². The van der Waals surface area contributed by atoms with Crippen LogP contribution in [0.4, 0.5) is 0 Å². The largest absolute Gasteiger partial charge is 0.382 e. The highest BCUT2D eigenvalue weighted by atomic mass is 16.3. The molecule has 1 saturated carbocycles. The van der Waals surface area contributed by atoms with Crippen molar-refractivity contribution in [1.82, 2.24) is 20.3 Å². The van der Waals surface area contributed by atoms with Gasteiger partial charge in [0.1, 0.15) is 11.3 Å². The van der Waals surface area contributed by atoms with Crippen molar-refractivity contribution in [1.29, 1.82) is 0 Å². The molecule has 0 radical (unpaired) electrons. The fourth-order valence-corrected chi connectivity index (χ4v) is 2.33. The SMILES string of the molecule is OC1(c2cn[nH]n2)CCN(CC2CC2)C1. The Bertz CT molecular complexity index is 335. The molecule has 2 aliphatic rings. The van der Waals surface area contributed by atoms with Gasteiger partial charge in [0, 0.05) is 19.6 Å². The monoisotopic (exact) mass is 208 g/mol. The zero-order valence-corrected chi connectivity index (χ0v) is 8.69. The zero-order chi connectivity index (χ0) is 10.3. The number of H-pyrrole nitrogens is 1. The van der Waals surface area contributed by atoms with E-state index in [1.807, 2.05) is 0 Å². The number of aliphatic hydroxyl groups is 1. The number of hydrogen-bond acceptors (Lipinski definition) is 4. The van der Waals surface area contributed by atoms with E-state index in [1.54, 1.807) is 6.20 Å². The number of nitrogens with one attached hydrogen (secondary N) is 1. The van der Waals surface area contributed by atoms with Gasteiger partial charge in [0.05, 0.1) is 6.20 Å². The first-order chi connectivity index (χ1) is 7.26. The number of rotatable bonds is 3. The molecule has 3 rings (SSSR count). The Morgan fingerprint density at radius 3 is 3.13 bits per heavy atom. The van der Waals surface area contributed by atoms with Gasteiger partial charge in [-0.25, -0.2) is 0 Å². The quantitative estimate of drug-likeness (QED) is 0.740. The second-order valence-electron chi connectivity index (χ2n) is 4.82. The Kier molecular flexibility index (Phi) is 2.03. The van der Waals surface area contributed by atoms with Gasteiger partial charge in [-0.1, -0.05) is 0 Å². The van der Waals surface area contributed by atoms with Gasteiger partial charge in [0.15, 0.2) is 0 Å². The minimum atomic E-state index is -0.776. The Morgan fingerprint density at radius 2 is 2.47 bits per heavy atom. The van der Waals surface area contributed by atoms with E-state index in [1.165, 1.54) is 12.8 Å². The first kappa shape index (κ1) is 9.30. The van der Waals surface area contributed by atoms with E-state index in [-0.39, 0.29) is 0 Å². The molecule has 2 heterocycles. The molecule has 2 fully saturated rings. The normalized spacial score (nSPS) is 32.3. The molecular weight excluding hydrogens is 192 g/mol. The van der Waals surface area contributed by atoms with E-state index in [4.69, 9.17) is 0 Å². The maximum Gasteiger partial charge on any atom is 0.124 e. The van der Waals surface area contributed by atoms with Crippen molar-refractivity contribution >= 4 is 0 Å². The molecule has 1 unspecified atom stereocenters. The Hall–Kier alpha value is -0.940. The fraction of sp³-hybridized carbons (Fsp3) is 0.800. The lowest BCUT2D eigenvalue weighted by atomic mass is 10.0. The van der Waals surface area contributed by atoms with Crippen molar-refractivity contribution in [3.8, 4) is 0 Å². The average molecular weight is 208 g/mol. The first-order valence-corrected chi connectivity index (χ1v) is 5.57. The van der Waals surface area contributed by atoms with Crippen molar-refractivity contribution in [3.63, 3.8) is 0 Å². The van der Waals surface area contributed by atoms with E-state index in [9.17, 15) is 5.11 Å². The van der Waals surface area contributed by atoms with Gasteiger partial charge in [0.25, 0.3) is 0 Å². The number of nitrogens with zero attached hydrogens (tertiary/aromatic N) is 3.